The van der Waals surface area contributed by atoms with Crippen molar-refractivity contribution in [2.24, 2.45) is 11.8 Å². The summed E-state index contributed by atoms with van der Waals surface area (Å²) in [5.74, 6) is 0.168. The number of carbonyl (C=O) groups excluding carboxylic acids is 1. The molecule has 100 valence electrons. The van der Waals surface area contributed by atoms with Crippen molar-refractivity contribution in [3.63, 3.8) is 0 Å². The predicted molar refractivity (Wildman–Crippen MR) is 59.2 cm³/mol. The molecule has 3 saturated heterocycles. The van der Waals surface area contributed by atoms with Gasteiger partial charge in [-0.15, -0.1) is 0 Å². The van der Waals surface area contributed by atoms with Crippen LogP contribution in [0.1, 0.15) is 39.0 Å². The van der Waals surface area contributed by atoms with Crippen LogP contribution in [0.15, 0.2) is 0 Å². The van der Waals surface area contributed by atoms with Gasteiger partial charge in [0, 0.05) is 5.92 Å². The first-order valence-corrected chi connectivity index (χ1v) is 6.95. The van der Waals surface area contributed by atoms with E-state index >= 15 is 0 Å². The molecule has 3 heterocycles. The number of rotatable bonds is 1. The Kier molecular flexibility index (Phi) is 2.37. The topological polar surface area (TPSA) is 54.0 Å². The number of Topliss-reactive ketones (excluding diaryl/α,β-unsaturated/α-hetero) is 1. The molecule has 4 fully saturated rings. The van der Waals surface area contributed by atoms with Crippen LogP contribution in [0.2, 0.25) is 0 Å². The standard InChI is InChI=1S/C13H18O5/c1-2-13-8-6-4-3-5-7(9(8)14)10(16-13)11-15-12(13)18-17-11/h7-8,10-12H,2-6H2,1H3/t7-,8+,10-,11-,12+,13+/m0/s1. The molecule has 5 heteroatoms. The molecule has 0 unspecified atom stereocenters. The van der Waals surface area contributed by atoms with E-state index in [1.165, 1.54) is 0 Å². The lowest BCUT2D eigenvalue weighted by molar-refractivity contribution is -0.320. The summed E-state index contributed by atoms with van der Waals surface area (Å²) in [7, 11) is 0. The number of ether oxygens (including phenoxy) is 2. The second-order valence-electron chi connectivity index (χ2n) is 5.77. The lowest BCUT2D eigenvalue weighted by atomic mass is 9.71. The van der Waals surface area contributed by atoms with E-state index in [1.807, 2.05) is 6.92 Å². The van der Waals surface area contributed by atoms with Gasteiger partial charge in [0.05, 0.1) is 5.92 Å². The summed E-state index contributed by atoms with van der Waals surface area (Å²) in [4.78, 5) is 23.2. The third-order valence-electron chi connectivity index (χ3n) is 5.02. The van der Waals surface area contributed by atoms with Crippen molar-refractivity contribution in [1.82, 2.24) is 0 Å². The van der Waals surface area contributed by atoms with Gasteiger partial charge in [-0.2, -0.15) is 9.78 Å². The normalized spacial score (nSPS) is 54.3. The van der Waals surface area contributed by atoms with E-state index in [9.17, 15) is 4.79 Å². The Balaban J connectivity index is 1.82. The van der Waals surface area contributed by atoms with Crippen LogP contribution in [0.4, 0.5) is 0 Å². The molecule has 6 bridgehead atoms. The van der Waals surface area contributed by atoms with Gasteiger partial charge in [0.1, 0.15) is 17.5 Å². The summed E-state index contributed by atoms with van der Waals surface area (Å²) >= 11 is 0. The zero-order valence-corrected chi connectivity index (χ0v) is 10.5. The van der Waals surface area contributed by atoms with Crippen molar-refractivity contribution < 1.29 is 24.0 Å². The minimum absolute atomic E-state index is 0.0789. The molecule has 0 aromatic carbocycles. The lowest BCUT2D eigenvalue weighted by Gasteiger charge is -2.51. The first-order chi connectivity index (χ1) is 8.76. The smallest absolute Gasteiger partial charge is 0.223 e. The van der Waals surface area contributed by atoms with E-state index < -0.39 is 18.2 Å². The minimum Gasteiger partial charge on any atom is -0.359 e. The quantitative estimate of drug-likeness (QED) is 0.665. The average Bonchev–Trinajstić information content (AvgIpc) is 2.75. The Morgan fingerprint density at radius 2 is 2.11 bits per heavy atom. The summed E-state index contributed by atoms with van der Waals surface area (Å²) < 4.78 is 12.0. The summed E-state index contributed by atoms with van der Waals surface area (Å²) in [5.41, 5.74) is -0.629. The molecule has 5 nitrogen and oxygen atoms in total. The fraction of sp³-hybridized carbons (Fsp3) is 0.923. The van der Waals surface area contributed by atoms with E-state index in [1.54, 1.807) is 0 Å². The zero-order chi connectivity index (χ0) is 12.3. The monoisotopic (exact) mass is 254 g/mol. The molecule has 6 atom stereocenters. The number of fused-ring (bicyclic) bond motifs is 10. The van der Waals surface area contributed by atoms with Gasteiger partial charge in [0.2, 0.25) is 12.6 Å². The van der Waals surface area contributed by atoms with E-state index in [2.05, 4.69) is 0 Å². The summed E-state index contributed by atoms with van der Waals surface area (Å²) in [6.45, 7) is 2.03. The van der Waals surface area contributed by atoms with Gasteiger partial charge in [-0.05, 0) is 19.3 Å². The van der Waals surface area contributed by atoms with Crippen molar-refractivity contribution in [2.45, 2.75) is 63.3 Å². The van der Waals surface area contributed by atoms with Crippen LogP contribution in [-0.4, -0.2) is 30.1 Å². The molecule has 1 aliphatic carbocycles. The molecule has 0 aromatic rings. The molecule has 0 amide bonds. The van der Waals surface area contributed by atoms with Crippen LogP contribution in [-0.2, 0) is 24.0 Å². The Hall–Kier alpha value is -0.490. The Bertz CT molecular complexity index is 384. The van der Waals surface area contributed by atoms with E-state index in [0.717, 1.165) is 25.7 Å². The molecular weight excluding hydrogens is 236 g/mol. The van der Waals surface area contributed by atoms with E-state index in [-0.39, 0.29) is 17.9 Å². The molecule has 3 aliphatic heterocycles. The molecule has 18 heavy (non-hydrogen) atoms. The highest BCUT2D eigenvalue weighted by Crippen LogP contribution is 2.53. The molecule has 0 radical (unpaired) electrons. The van der Waals surface area contributed by atoms with Crippen LogP contribution in [0.3, 0.4) is 0 Å². The number of hydrogen-bond donors (Lipinski definition) is 0. The van der Waals surface area contributed by atoms with Crippen molar-refractivity contribution in [2.75, 3.05) is 0 Å². The number of hydrogen-bond acceptors (Lipinski definition) is 5. The largest absolute Gasteiger partial charge is 0.359 e. The first-order valence-electron chi connectivity index (χ1n) is 6.95. The van der Waals surface area contributed by atoms with Crippen LogP contribution in [0, 0.1) is 11.8 Å². The van der Waals surface area contributed by atoms with Crippen LogP contribution >= 0.6 is 0 Å². The zero-order valence-electron chi connectivity index (χ0n) is 10.5. The third kappa shape index (κ3) is 1.23. The molecule has 1 saturated carbocycles. The second-order valence-corrected chi connectivity index (χ2v) is 5.77. The van der Waals surface area contributed by atoms with E-state index in [0.29, 0.717) is 12.2 Å². The SMILES string of the molecule is CC[C@]12O[C@H]([C@@H]3OO[C@H]1O3)[C@H]1CCCC[C@@H]2C1=O. The molecule has 4 aliphatic rings. The minimum atomic E-state index is -0.629. The van der Waals surface area contributed by atoms with Crippen molar-refractivity contribution in [3.8, 4) is 0 Å². The second kappa shape index (κ2) is 3.76. The average molecular weight is 254 g/mol. The van der Waals surface area contributed by atoms with Gasteiger partial charge >= 0.3 is 0 Å². The highest BCUT2D eigenvalue weighted by Gasteiger charge is 2.66. The first kappa shape index (κ1) is 11.3. The third-order valence-corrected chi connectivity index (χ3v) is 5.02. The van der Waals surface area contributed by atoms with E-state index in [4.69, 9.17) is 19.2 Å². The fourth-order valence-corrected chi connectivity index (χ4v) is 4.05. The fourth-order valence-electron chi connectivity index (χ4n) is 4.05. The van der Waals surface area contributed by atoms with Crippen molar-refractivity contribution in [1.29, 1.82) is 0 Å². The number of carbonyl (C=O) groups is 1. The van der Waals surface area contributed by atoms with Gasteiger partial charge in [-0.3, -0.25) is 4.79 Å². The van der Waals surface area contributed by atoms with Gasteiger partial charge in [-0.1, -0.05) is 19.8 Å². The van der Waals surface area contributed by atoms with Gasteiger partial charge in [0.15, 0.2) is 0 Å². The molecule has 0 N–H and O–H groups in total. The number of ketones is 1. The van der Waals surface area contributed by atoms with Crippen LogP contribution < -0.4 is 0 Å². The maximum Gasteiger partial charge on any atom is 0.223 e. The maximum atomic E-state index is 12.7. The molecule has 0 aromatic heterocycles. The maximum absolute atomic E-state index is 12.7. The van der Waals surface area contributed by atoms with Crippen molar-refractivity contribution in [3.05, 3.63) is 0 Å². The van der Waals surface area contributed by atoms with Gasteiger partial charge in [-0.25, -0.2) is 0 Å². The lowest BCUT2D eigenvalue weighted by Crippen LogP contribution is -2.66. The highest BCUT2D eigenvalue weighted by atomic mass is 17.3. The summed E-state index contributed by atoms with van der Waals surface area (Å²) in [5, 5.41) is 0. The Morgan fingerprint density at radius 3 is 2.94 bits per heavy atom. The summed E-state index contributed by atoms with van der Waals surface area (Å²) in [6.07, 6.45) is 3.29. The molecule has 0 spiro atoms. The van der Waals surface area contributed by atoms with Crippen molar-refractivity contribution >= 4 is 5.78 Å². The molecule has 4 rings (SSSR count). The van der Waals surface area contributed by atoms with Gasteiger partial charge < -0.3 is 9.47 Å². The molecular formula is C13H18O5. The van der Waals surface area contributed by atoms with Gasteiger partial charge in [0.25, 0.3) is 0 Å². The highest BCUT2D eigenvalue weighted by molar-refractivity contribution is 5.86. The van der Waals surface area contributed by atoms with Crippen LogP contribution in [0.5, 0.6) is 0 Å². The Labute approximate surface area is 106 Å². The predicted octanol–water partition coefficient (Wildman–Crippen LogP) is 1.55. The van der Waals surface area contributed by atoms with Crippen LogP contribution in [0.25, 0.3) is 0 Å². The summed E-state index contributed by atoms with van der Waals surface area (Å²) in [6, 6.07) is 0. The Morgan fingerprint density at radius 1 is 1.28 bits per heavy atom.